The number of fused-ring (bicyclic) bond motifs is 1. The summed E-state index contributed by atoms with van der Waals surface area (Å²) in [6.45, 7) is 1.12. The van der Waals surface area contributed by atoms with Gasteiger partial charge in [0, 0.05) is 24.0 Å². The zero-order chi connectivity index (χ0) is 26.0. The predicted molar refractivity (Wildman–Crippen MR) is 144 cm³/mol. The Morgan fingerprint density at radius 3 is 1.92 bits per heavy atom. The van der Waals surface area contributed by atoms with Gasteiger partial charge in [0.15, 0.2) is 5.65 Å². The fraction of sp³-hybridized carbons (Fsp3) is 0.226. The summed E-state index contributed by atoms with van der Waals surface area (Å²) in [6, 6.07) is 31.5. The molecule has 0 aliphatic rings. The molecule has 7 nitrogen and oxygen atoms in total. The van der Waals surface area contributed by atoms with Crippen molar-refractivity contribution in [2.45, 2.75) is 38.1 Å². The van der Waals surface area contributed by atoms with Crippen molar-refractivity contribution in [3.8, 4) is 0 Å². The maximum absolute atomic E-state index is 11.4. The van der Waals surface area contributed by atoms with Crippen molar-refractivity contribution in [3.05, 3.63) is 138 Å². The monoisotopic (exact) mass is 509 g/mol. The molecule has 2 aromatic heterocycles. The molecule has 5 aromatic rings. The Hall–Kier alpha value is -3.88. The topological polar surface area (TPSA) is 78.1 Å². The molecule has 0 bridgehead atoms. The quantitative estimate of drug-likeness (QED) is 0.237. The second kappa shape index (κ2) is 13.1. The molecule has 1 N–H and O–H groups in total. The van der Waals surface area contributed by atoms with E-state index in [9.17, 15) is 5.11 Å². The molecule has 0 saturated heterocycles. The van der Waals surface area contributed by atoms with Crippen LogP contribution in [0.4, 0.5) is 0 Å². The summed E-state index contributed by atoms with van der Waals surface area (Å²) in [4.78, 5) is 4.53. The number of ether oxygens (including phenoxy) is 3. The number of benzene rings is 3. The van der Waals surface area contributed by atoms with Crippen LogP contribution in [0.5, 0.6) is 0 Å². The van der Waals surface area contributed by atoms with Crippen LogP contribution in [0.15, 0.2) is 116 Å². The SMILES string of the molecule is O[C@H](COCc1ccccc1)[C@@H](OCc1ccccc1)[C@H](OCc1ccccc1)c1cnc2ccnn2c1. The zero-order valence-electron chi connectivity index (χ0n) is 21.0. The Bertz CT molecular complexity index is 1380. The first-order valence-electron chi connectivity index (χ1n) is 12.7. The van der Waals surface area contributed by atoms with Gasteiger partial charge in [-0.1, -0.05) is 91.0 Å². The number of aliphatic hydroxyl groups is 1. The lowest BCUT2D eigenvalue weighted by atomic mass is 10.0. The van der Waals surface area contributed by atoms with Gasteiger partial charge >= 0.3 is 0 Å². The first kappa shape index (κ1) is 25.8. The average molecular weight is 510 g/mol. The molecule has 0 aliphatic carbocycles. The van der Waals surface area contributed by atoms with Crippen LogP contribution in [0.25, 0.3) is 5.65 Å². The van der Waals surface area contributed by atoms with Crippen LogP contribution < -0.4 is 0 Å². The Morgan fingerprint density at radius 1 is 0.711 bits per heavy atom. The van der Waals surface area contributed by atoms with Crippen LogP contribution in [0, 0.1) is 0 Å². The molecule has 38 heavy (non-hydrogen) atoms. The molecule has 3 atom stereocenters. The van der Waals surface area contributed by atoms with E-state index in [0.717, 1.165) is 27.9 Å². The molecule has 0 radical (unpaired) electrons. The molecule has 0 aliphatic heterocycles. The highest BCUT2D eigenvalue weighted by Gasteiger charge is 2.33. The molecule has 0 spiro atoms. The third-order valence-electron chi connectivity index (χ3n) is 6.23. The largest absolute Gasteiger partial charge is 0.388 e. The van der Waals surface area contributed by atoms with E-state index in [-0.39, 0.29) is 6.61 Å². The van der Waals surface area contributed by atoms with Crippen molar-refractivity contribution >= 4 is 5.65 Å². The molecule has 2 heterocycles. The van der Waals surface area contributed by atoms with Crippen LogP contribution in [-0.2, 0) is 34.0 Å². The van der Waals surface area contributed by atoms with Crippen molar-refractivity contribution in [2.24, 2.45) is 0 Å². The van der Waals surface area contributed by atoms with E-state index >= 15 is 0 Å². The van der Waals surface area contributed by atoms with Crippen LogP contribution in [0.2, 0.25) is 0 Å². The highest BCUT2D eigenvalue weighted by atomic mass is 16.6. The maximum Gasteiger partial charge on any atom is 0.154 e. The van der Waals surface area contributed by atoms with Gasteiger partial charge in [-0.05, 0) is 16.7 Å². The molecule has 5 rings (SSSR count). The lowest BCUT2D eigenvalue weighted by molar-refractivity contribution is -0.150. The number of rotatable bonds is 13. The number of aliphatic hydroxyl groups excluding tert-OH is 1. The number of hydrogen-bond acceptors (Lipinski definition) is 6. The Labute approximate surface area is 222 Å². The standard InChI is InChI=1S/C31H31N3O4/c35-28(23-36-20-24-10-4-1-5-11-24)31(38-22-26-14-8-3-9-15-26)30(37-21-25-12-6-2-7-13-25)27-18-32-29-16-17-33-34(29)19-27/h1-19,28,30-31,35H,20-23H2/t28-,30-,31-/m1/s1. The van der Waals surface area contributed by atoms with Gasteiger partial charge in [0.2, 0.25) is 0 Å². The third kappa shape index (κ3) is 6.90. The van der Waals surface area contributed by atoms with Gasteiger partial charge in [0.05, 0.1) is 32.6 Å². The lowest BCUT2D eigenvalue weighted by Gasteiger charge is -2.31. The highest BCUT2D eigenvalue weighted by Crippen LogP contribution is 2.28. The summed E-state index contributed by atoms with van der Waals surface area (Å²) >= 11 is 0. The molecule has 7 heteroatoms. The van der Waals surface area contributed by atoms with Crippen LogP contribution >= 0.6 is 0 Å². The fourth-order valence-corrected chi connectivity index (χ4v) is 4.25. The highest BCUT2D eigenvalue weighted by molar-refractivity contribution is 5.36. The molecular weight excluding hydrogens is 478 g/mol. The Morgan fingerprint density at radius 2 is 1.29 bits per heavy atom. The van der Waals surface area contributed by atoms with Gasteiger partial charge in [0.1, 0.15) is 18.3 Å². The first-order chi connectivity index (χ1) is 18.8. The summed E-state index contributed by atoms with van der Waals surface area (Å²) in [5.41, 5.74) is 4.52. The summed E-state index contributed by atoms with van der Waals surface area (Å²) in [5, 5.41) is 15.7. The van der Waals surface area contributed by atoms with Crippen LogP contribution in [0.1, 0.15) is 28.4 Å². The molecule has 0 saturated carbocycles. The first-order valence-corrected chi connectivity index (χ1v) is 12.7. The van der Waals surface area contributed by atoms with Crippen molar-refractivity contribution in [1.82, 2.24) is 14.6 Å². The summed E-state index contributed by atoms with van der Waals surface area (Å²) in [6.07, 6.45) is 3.00. The summed E-state index contributed by atoms with van der Waals surface area (Å²) < 4.78 is 20.4. The van der Waals surface area contributed by atoms with E-state index in [1.165, 1.54) is 0 Å². The minimum atomic E-state index is -0.962. The molecule has 0 fully saturated rings. The van der Waals surface area contributed by atoms with Crippen LogP contribution in [0.3, 0.4) is 0 Å². The van der Waals surface area contributed by atoms with Gasteiger partial charge in [-0.2, -0.15) is 5.10 Å². The van der Waals surface area contributed by atoms with E-state index in [0.29, 0.717) is 19.8 Å². The maximum atomic E-state index is 11.4. The van der Waals surface area contributed by atoms with Gasteiger partial charge in [0.25, 0.3) is 0 Å². The zero-order valence-corrected chi connectivity index (χ0v) is 21.0. The number of hydrogen-bond donors (Lipinski definition) is 1. The smallest absolute Gasteiger partial charge is 0.154 e. The molecule has 0 amide bonds. The lowest BCUT2D eigenvalue weighted by Crippen LogP contribution is -2.39. The van der Waals surface area contributed by atoms with Gasteiger partial charge in [-0.15, -0.1) is 0 Å². The molecular formula is C31H31N3O4. The molecule has 194 valence electrons. The van der Waals surface area contributed by atoms with Crippen molar-refractivity contribution in [3.63, 3.8) is 0 Å². The number of aromatic nitrogens is 3. The molecule has 0 unspecified atom stereocenters. The van der Waals surface area contributed by atoms with Crippen molar-refractivity contribution < 1.29 is 19.3 Å². The fourth-order valence-electron chi connectivity index (χ4n) is 4.25. The van der Waals surface area contributed by atoms with Crippen LogP contribution in [-0.4, -0.2) is 38.5 Å². The van der Waals surface area contributed by atoms with E-state index in [1.54, 1.807) is 16.9 Å². The second-order valence-corrected chi connectivity index (χ2v) is 9.07. The Kier molecular flexibility index (Phi) is 8.86. The van der Waals surface area contributed by atoms with Gasteiger partial charge in [-0.25, -0.2) is 9.50 Å². The van der Waals surface area contributed by atoms with Crippen molar-refractivity contribution in [1.29, 1.82) is 0 Å². The minimum Gasteiger partial charge on any atom is -0.388 e. The predicted octanol–water partition coefficient (Wildman–Crippen LogP) is 5.15. The molecule has 3 aromatic carbocycles. The van der Waals surface area contributed by atoms with E-state index in [1.807, 2.05) is 103 Å². The summed E-state index contributed by atoms with van der Waals surface area (Å²) in [7, 11) is 0. The second-order valence-electron chi connectivity index (χ2n) is 9.07. The van der Waals surface area contributed by atoms with Gasteiger partial charge in [-0.3, -0.25) is 0 Å². The average Bonchev–Trinajstić information content (AvgIpc) is 3.44. The number of nitrogens with zero attached hydrogens (tertiary/aromatic N) is 3. The summed E-state index contributed by atoms with van der Waals surface area (Å²) in [5.74, 6) is 0. The van der Waals surface area contributed by atoms with E-state index in [4.69, 9.17) is 14.2 Å². The van der Waals surface area contributed by atoms with E-state index < -0.39 is 18.3 Å². The van der Waals surface area contributed by atoms with Crippen molar-refractivity contribution in [2.75, 3.05) is 6.61 Å². The Balaban J connectivity index is 1.40. The van der Waals surface area contributed by atoms with Gasteiger partial charge < -0.3 is 19.3 Å². The normalized spacial score (nSPS) is 13.8. The third-order valence-corrected chi connectivity index (χ3v) is 6.23. The minimum absolute atomic E-state index is 0.0803. The van der Waals surface area contributed by atoms with E-state index in [2.05, 4.69) is 10.1 Å².